The third-order valence-corrected chi connectivity index (χ3v) is 4.77. The number of amides is 1. The summed E-state index contributed by atoms with van der Waals surface area (Å²) in [6, 6.07) is 0.00209. The number of carbonyl (C=O) groups excluding carboxylic acids is 1. The monoisotopic (exact) mass is 333 g/mol. The fraction of sp³-hybridized carbons (Fsp3) is 0.467. The summed E-state index contributed by atoms with van der Waals surface area (Å²) in [5.41, 5.74) is 1.26. The molecule has 1 saturated heterocycles. The zero-order valence-corrected chi connectivity index (χ0v) is 14.0. The second-order valence-corrected chi connectivity index (χ2v) is 6.37. The van der Waals surface area contributed by atoms with Gasteiger partial charge in [-0.3, -0.25) is 9.59 Å². The molecule has 2 aromatic rings. The zero-order chi connectivity index (χ0) is 16.4. The van der Waals surface area contributed by atoms with Gasteiger partial charge in [0.1, 0.15) is 0 Å². The van der Waals surface area contributed by atoms with Crippen molar-refractivity contribution in [1.82, 2.24) is 19.2 Å². The number of piperidine rings is 1. The van der Waals surface area contributed by atoms with Crippen molar-refractivity contribution < 1.29 is 4.79 Å². The smallest absolute Gasteiger partial charge is 0.293 e. The molecular weight excluding hydrogens is 314 g/mol. The van der Waals surface area contributed by atoms with Crippen molar-refractivity contribution in [3.05, 3.63) is 39.4 Å². The SMILES string of the molecule is Cc1nscc1C(=O)NC1CCCN(c2nccn(C)c2=O)C1. The first-order valence-electron chi connectivity index (χ1n) is 7.54. The van der Waals surface area contributed by atoms with Gasteiger partial charge in [0.05, 0.1) is 11.3 Å². The maximum absolute atomic E-state index is 12.3. The van der Waals surface area contributed by atoms with Crippen LogP contribution in [0.15, 0.2) is 22.6 Å². The number of aromatic nitrogens is 3. The van der Waals surface area contributed by atoms with Crippen LogP contribution in [-0.2, 0) is 7.05 Å². The van der Waals surface area contributed by atoms with Crippen LogP contribution in [0.1, 0.15) is 28.9 Å². The molecule has 1 atom stereocenters. The molecule has 8 heteroatoms. The Kier molecular flexibility index (Phi) is 4.42. The predicted octanol–water partition coefficient (Wildman–Crippen LogP) is 0.944. The molecule has 1 amide bonds. The number of carbonyl (C=O) groups is 1. The fourth-order valence-electron chi connectivity index (χ4n) is 2.76. The molecule has 7 nitrogen and oxygen atoms in total. The summed E-state index contributed by atoms with van der Waals surface area (Å²) in [6.45, 7) is 3.20. The lowest BCUT2D eigenvalue weighted by Crippen LogP contribution is -2.49. The van der Waals surface area contributed by atoms with Crippen LogP contribution in [0.2, 0.25) is 0 Å². The first kappa shape index (κ1) is 15.7. The predicted molar refractivity (Wildman–Crippen MR) is 89.0 cm³/mol. The number of nitrogens with zero attached hydrogens (tertiary/aromatic N) is 4. The third kappa shape index (κ3) is 3.26. The Hall–Kier alpha value is -2.22. The molecule has 0 saturated carbocycles. The zero-order valence-electron chi connectivity index (χ0n) is 13.2. The lowest BCUT2D eigenvalue weighted by Gasteiger charge is -2.33. The number of rotatable bonds is 3. The molecule has 23 heavy (non-hydrogen) atoms. The van der Waals surface area contributed by atoms with E-state index in [0.717, 1.165) is 25.1 Å². The van der Waals surface area contributed by atoms with Gasteiger partial charge in [0.2, 0.25) is 0 Å². The van der Waals surface area contributed by atoms with Crippen LogP contribution in [0, 0.1) is 6.92 Å². The summed E-state index contributed by atoms with van der Waals surface area (Å²) in [5.74, 6) is 0.347. The van der Waals surface area contributed by atoms with Crippen LogP contribution in [0.5, 0.6) is 0 Å². The number of anilines is 1. The van der Waals surface area contributed by atoms with Crippen molar-refractivity contribution >= 4 is 23.3 Å². The number of aryl methyl sites for hydroxylation is 2. The van der Waals surface area contributed by atoms with E-state index in [0.29, 0.717) is 17.9 Å². The summed E-state index contributed by atoms with van der Waals surface area (Å²) in [6.07, 6.45) is 5.07. The minimum atomic E-state index is -0.114. The average Bonchev–Trinajstić information content (AvgIpc) is 2.96. The molecule has 1 unspecified atom stereocenters. The summed E-state index contributed by atoms with van der Waals surface area (Å²) >= 11 is 1.28. The van der Waals surface area contributed by atoms with Crippen LogP contribution >= 0.6 is 11.5 Å². The minimum absolute atomic E-state index is 0.00209. The van der Waals surface area contributed by atoms with Crippen LogP contribution in [0.4, 0.5) is 5.82 Å². The minimum Gasteiger partial charge on any atom is -0.350 e. The highest BCUT2D eigenvalue weighted by Crippen LogP contribution is 2.16. The van der Waals surface area contributed by atoms with E-state index in [-0.39, 0.29) is 17.5 Å². The van der Waals surface area contributed by atoms with Crippen molar-refractivity contribution in [3.8, 4) is 0 Å². The Morgan fingerprint density at radius 3 is 3.04 bits per heavy atom. The van der Waals surface area contributed by atoms with Crippen LogP contribution in [0.3, 0.4) is 0 Å². The lowest BCUT2D eigenvalue weighted by molar-refractivity contribution is 0.0932. The Balaban J connectivity index is 1.71. The van der Waals surface area contributed by atoms with E-state index in [9.17, 15) is 9.59 Å². The molecule has 2 aromatic heterocycles. The van der Waals surface area contributed by atoms with E-state index in [4.69, 9.17) is 0 Å². The highest BCUT2D eigenvalue weighted by molar-refractivity contribution is 7.03. The molecule has 122 valence electrons. The number of hydrogen-bond acceptors (Lipinski definition) is 6. The maximum atomic E-state index is 12.3. The van der Waals surface area contributed by atoms with Crippen molar-refractivity contribution in [3.63, 3.8) is 0 Å². The normalized spacial score (nSPS) is 18.0. The fourth-order valence-corrected chi connectivity index (χ4v) is 3.45. The Morgan fingerprint density at radius 1 is 1.48 bits per heavy atom. The quantitative estimate of drug-likeness (QED) is 0.904. The van der Waals surface area contributed by atoms with Gasteiger partial charge in [-0.25, -0.2) is 4.98 Å². The van der Waals surface area contributed by atoms with Crippen molar-refractivity contribution in [2.24, 2.45) is 7.05 Å². The van der Waals surface area contributed by atoms with E-state index in [1.54, 1.807) is 24.8 Å². The molecule has 0 aliphatic carbocycles. The average molecular weight is 333 g/mol. The highest BCUT2D eigenvalue weighted by atomic mass is 32.1. The molecule has 1 aliphatic heterocycles. The number of nitrogens with one attached hydrogen (secondary N) is 1. The van der Waals surface area contributed by atoms with E-state index >= 15 is 0 Å². The maximum Gasteiger partial charge on any atom is 0.293 e. The molecule has 1 N–H and O–H groups in total. The summed E-state index contributed by atoms with van der Waals surface area (Å²) in [7, 11) is 1.71. The molecule has 0 radical (unpaired) electrons. The molecule has 3 heterocycles. The second-order valence-electron chi connectivity index (χ2n) is 5.74. The van der Waals surface area contributed by atoms with Gasteiger partial charge in [0.15, 0.2) is 5.82 Å². The Bertz CT molecular complexity index is 769. The molecular formula is C15H19N5O2S. The first-order valence-corrected chi connectivity index (χ1v) is 8.38. The van der Waals surface area contributed by atoms with Gasteiger partial charge in [-0.15, -0.1) is 0 Å². The van der Waals surface area contributed by atoms with Gasteiger partial charge >= 0.3 is 0 Å². The van der Waals surface area contributed by atoms with Crippen molar-refractivity contribution in [2.45, 2.75) is 25.8 Å². The summed E-state index contributed by atoms with van der Waals surface area (Å²) in [5, 5.41) is 4.81. The largest absolute Gasteiger partial charge is 0.350 e. The van der Waals surface area contributed by atoms with Gasteiger partial charge in [-0.2, -0.15) is 4.37 Å². The molecule has 3 rings (SSSR count). The first-order chi connectivity index (χ1) is 11.1. The lowest BCUT2D eigenvalue weighted by atomic mass is 10.1. The molecule has 1 aliphatic rings. The topological polar surface area (TPSA) is 80.1 Å². The standard InChI is InChI=1S/C15H19N5O2S/c1-10-12(9-23-18-10)14(21)17-11-4-3-6-20(8-11)13-15(22)19(2)7-5-16-13/h5,7,9,11H,3-4,6,8H2,1-2H3,(H,17,21). The van der Waals surface area contributed by atoms with Crippen LogP contribution in [0.25, 0.3) is 0 Å². The van der Waals surface area contributed by atoms with Crippen molar-refractivity contribution in [1.29, 1.82) is 0 Å². The van der Waals surface area contributed by atoms with E-state index < -0.39 is 0 Å². The van der Waals surface area contributed by atoms with Gasteiger partial charge < -0.3 is 14.8 Å². The van der Waals surface area contributed by atoms with E-state index in [2.05, 4.69) is 14.7 Å². The third-order valence-electron chi connectivity index (χ3n) is 4.05. The second kappa shape index (κ2) is 6.49. The van der Waals surface area contributed by atoms with E-state index in [1.165, 1.54) is 16.1 Å². The number of hydrogen-bond donors (Lipinski definition) is 1. The van der Waals surface area contributed by atoms with Crippen molar-refractivity contribution in [2.75, 3.05) is 18.0 Å². The highest BCUT2D eigenvalue weighted by Gasteiger charge is 2.25. The Labute approximate surface area is 138 Å². The van der Waals surface area contributed by atoms with Gasteiger partial charge in [0.25, 0.3) is 11.5 Å². The van der Waals surface area contributed by atoms with Crippen LogP contribution in [-0.4, -0.2) is 39.0 Å². The summed E-state index contributed by atoms with van der Waals surface area (Å²) < 4.78 is 5.65. The van der Waals surface area contributed by atoms with Gasteiger partial charge in [-0.05, 0) is 31.3 Å². The molecule has 0 spiro atoms. The molecule has 1 fully saturated rings. The van der Waals surface area contributed by atoms with Gasteiger partial charge in [-0.1, -0.05) is 0 Å². The Morgan fingerprint density at radius 2 is 2.30 bits per heavy atom. The molecule has 0 aromatic carbocycles. The van der Waals surface area contributed by atoms with Crippen LogP contribution < -0.4 is 15.8 Å². The van der Waals surface area contributed by atoms with E-state index in [1.807, 2.05) is 11.8 Å². The molecule has 0 bridgehead atoms. The van der Waals surface area contributed by atoms with Gasteiger partial charge in [0, 0.05) is 44.0 Å². The summed E-state index contributed by atoms with van der Waals surface area (Å²) in [4.78, 5) is 30.7.